The van der Waals surface area contributed by atoms with E-state index in [-0.39, 0.29) is 5.38 Å². The summed E-state index contributed by atoms with van der Waals surface area (Å²) in [5, 5.41) is 6.92. The van der Waals surface area contributed by atoms with Gasteiger partial charge in [0.25, 0.3) is 0 Å². The molecule has 1 aromatic heterocycles. The van der Waals surface area contributed by atoms with Gasteiger partial charge in [0.2, 0.25) is 0 Å². The van der Waals surface area contributed by atoms with E-state index in [1.165, 1.54) is 6.20 Å². The fraction of sp³-hybridized carbons (Fsp3) is 0.273. The van der Waals surface area contributed by atoms with Crippen molar-refractivity contribution in [3.8, 4) is 5.69 Å². The van der Waals surface area contributed by atoms with Crippen molar-refractivity contribution in [1.82, 2.24) is 15.0 Å². The zero-order valence-corrected chi connectivity index (χ0v) is 10.1. The van der Waals surface area contributed by atoms with Gasteiger partial charge in [0, 0.05) is 12.1 Å². The Bertz CT molecular complexity index is 547. The van der Waals surface area contributed by atoms with E-state index < -0.39 is 23.1 Å². The standard InChI is InChI=1S/C11H9ClF3N3/c1-2-7(12)10-5-18(17-16-10)11-8(14)3-6(13)4-9(11)15/h3-5,7H,2H2,1H3. The third kappa shape index (κ3) is 2.33. The summed E-state index contributed by atoms with van der Waals surface area (Å²) in [6, 6.07) is 1.16. The molecule has 7 heteroatoms. The third-order valence-corrected chi connectivity index (χ3v) is 2.93. The molecule has 0 bridgehead atoms. The average molecular weight is 276 g/mol. The Balaban J connectivity index is 2.46. The first kappa shape index (κ1) is 12.9. The summed E-state index contributed by atoms with van der Waals surface area (Å²) in [4.78, 5) is 0. The Kier molecular flexibility index (Phi) is 3.56. The van der Waals surface area contributed by atoms with Gasteiger partial charge in [0.15, 0.2) is 11.6 Å². The second kappa shape index (κ2) is 4.97. The van der Waals surface area contributed by atoms with Crippen molar-refractivity contribution >= 4 is 11.6 Å². The molecule has 0 aliphatic rings. The smallest absolute Gasteiger partial charge is 0.154 e. The molecule has 0 amide bonds. The number of hydrogen-bond acceptors (Lipinski definition) is 2. The summed E-state index contributed by atoms with van der Waals surface area (Å²) in [5.74, 6) is -3.09. The second-order valence-electron chi connectivity index (χ2n) is 3.68. The number of halogens is 4. The van der Waals surface area contributed by atoms with Gasteiger partial charge in [0.1, 0.15) is 17.2 Å². The first-order chi connectivity index (χ1) is 8.52. The third-order valence-electron chi connectivity index (χ3n) is 2.40. The molecule has 0 saturated heterocycles. The quantitative estimate of drug-likeness (QED) is 0.804. The molecule has 18 heavy (non-hydrogen) atoms. The van der Waals surface area contributed by atoms with Crippen molar-refractivity contribution in [1.29, 1.82) is 0 Å². The molecule has 0 fully saturated rings. The van der Waals surface area contributed by atoms with Crippen LogP contribution in [0.1, 0.15) is 24.4 Å². The molecule has 2 aromatic rings. The summed E-state index contributed by atoms with van der Waals surface area (Å²) in [7, 11) is 0. The fourth-order valence-corrected chi connectivity index (χ4v) is 1.59. The van der Waals surface area contributed by atoms with Gasteiger partial charge in [-0.2, -0.15) is 0 Å². The number of alkyl halides is 1. The van der Waals surface area contributed by atoms with Crippen molar-refractivity contribution in [2.24, 2.45) is 0 Å². The molecule has 1 atom stereocenters. The van der Waals surface area contributed by atoms with Gasteiger partial charge in [-0.1, -0.05) is 12.1 Å². The number of aromatic nitrogens is 3. The molecular formula is C11H9ClF3N3. The zero-order chi connectivity index (χ0) is 13.3. The van der Waals surface area contributed by atoms with E-state index in [1.54, 1.807) is 0 Å². The van der Waals surface area contributed by atoms with Crippen molar-refractivity contribution in [3.05, 3.63) is 41.5 Å². The maximum atomic E-state index is 13.5. The van der Waals surface area contributed by atoms with E-state index in [0.717, 1.165) is 4.68 Å². The molecule has 2 rings (SSSR count). The van der Waals surface area contributed by atoms with Crippen LogP contribution in [-0.4, -0.2) is 15.0 Å². The molecule has 0 aliphatic carbocycles. The SMILES string of the molecule is CCC(Cl)c1cn(-c2c(F)cc(F)cc2F)nn1. The minimum atomic E-state index is -1.05. The summed E-state index contributed by atoms with van der Waals surface area (Å²) < 4.78 is 40.6. The van der Waals surface area contributed by atoms with Gasteiger partial charge >= 0.3 is 0 Å². The number of benzene rings is 1. The molecule has 0 radical (unpaired) electrons. The highest BCUT2D eigenvalue weighted by molar-refractivity contribution is 6.20. The number of hydrogen-bond donors (Lipinski definition) is 0. The maximum Gasteiger partial charge on any atom is 0.154 e. The van der Waals surface area contributed by atoms with Crippen molar-refractivity contribution in [2.45, 2.75) is 18.7 Å². The highest BCUT2D eigenvalue weighted by atomic mass is 35.5. The highest BCUT2D eigenvalue weighted by Crippen LogP contribution is 2.24. The molecule has 0 aliphatic heterocycles. The Morgan fingerprint density at radius 2 is 1.89 bits per heavy atom. The Morgan fingerprint density at radius 1 is 1.28 bits per heavy atom. The number of nitrogens with zero attached hydrogens (tertiary/aromatic N) is 3. The second-order valence-corrected chi connectivity index (χ2v) is 4.21. The average Bonchev–Trinajstić information content (AvgIpc) is 2.76. The molecular weight excluding hydrogens is 267 g/mol. The van der Waals surface area contributed by atoms with Gasteiger partial charge in [-0.3, -0.25) is 0 Å². The van der Waals surface area contributed by atoms with Crippen molar-refractivity contribution < 1.29 is 13.2 Å². The van der Waals surface area contributed by atoms with Crippen LogP contribution in [0.4, 0.5) is 13.2 Å². The lowest BCUT2D eigenvalue weighted by atomic mass is 10.2. The minimum absolute atomic E-state index is 0.384. The van der Waals surface area contributed by atoms with Crippen LogP contribution in [0.15, 0.2) is 18.3 Å². The van der Waals surface area contributed by atoms with Crippen LogP contribution in [0.5, 0.6) is 0 Å². The molecule has 0 N–H and O–H groups in total. The molecule has 3 nitrogen and oxygen atoms in total. The highest BCUT2D eigenvalue weighted by Gasteiger charge is 2.17. The van der Waals surface area contributed by atoms with Gasteiger partial charge < -0.3 is 0 Å². The van der Waals surface area contributed by atoms with Crippen LogP contribution < -0.4 is 0 Å². The van der Waals surface area contributed by atoms with E-state index in [1.807, 2.05) is 6.92 Å². The summed E-state index contributed by atoms with van der Waals surface area (Å²) in [6.45, 7) is 1.84. The van der Waals surface area contributed by atoms with E-state index >= 15 is 0 Å². The predicted molar refractivity (Wildman–Crippen MR) is 60.1 cm³/mol. The van der Waals surface area contributed by atoms with Gasteiger partial charge in [-0.05, 0) is 6.42 Å². The zero-order valence-electron chi connectivity index (χ0n) is 9.37. The van der Waals surface area contributed by atoms with Gasteiger partial charge in [-0.25, -0.2) is 17.9 Å². The van der Waals surface area contributed by atoms with Crippen LogP contribution >= 0.6 is 11.6 Å². The van der Waals surface area contributed by atoms with E-state index in [2.05, 4.69) is 10.3 Å². The minimum Gasteiger partial charge on any atom is -0.214 e. The molecule has 1 heterocycles. The lowest BCUT2D eigenvalue weighted by Gasteiger charge is -2.04. The molecule has 1 unspecified atom stereocenters. The monoisotopic (exact) mass is 275 g/mol. The first-order valence-corrected chi connectivity index (χ1v) is 5.67. The van der Waals surface area contributed by atoms with Crippen molar-refractivity contribution in [3.63, 3.8) is 0 Å². The normalized spacial score (nSPS) is 12.7. The molecule has 0 saturated carbocycles. The molecule has 1 aromatic carbocycles. The summed E-state index contributed by atoms with van der Waals surface area (Å²) >= 11 is 5.93. The lowest BCUT2D eigenvalue weighted by Crippen LogP contribution is -2.03. The Morgan fingerprint density at radius 3 is 2.44 bits per heavy atom. The van der Waals surface area contributed by atoms with Crippen molar-refractivity contribution in [2.75, 3.05) is 0 Å². The first-order valence-electron chi connectivity index (χ1n) is 5.24. The Labute approximate surface area is 106 Å². The van der Waals surface area contributed by atoms with E-state index in [0.29, 0.717) is 24.2 Å². The molecule has 0 spiro atoms. The lowest BCUT2D eigenvalue weighted by molar-refractivity contribution is 0.526. The number of rotatable bonds is 3. The Hall–Kier alpha value is -1.56. The van der Waals surface area contributed by atoms with Crippen LogP contribution in [0.3, 0.4) is 0 Å². The summed E-state index contributed by atoms with van der Waals surface area (Å²) in [6.07, 6.45) is 1.93. The van der Waals surface area contributed by atoms with Crippen LogP contribution in [0, 0.1) is 17.5 Å². The van der Waals surface area contributed by atoms with Gasteiger partial charge in [-0.15, -0.1) is 16.7 Å². The summed E-state index contributed by atoms with van der Waals surface area (Å²) in [5.41, 5.74) is -0.0718. The van der Waals surface area contributed by atoms with E-state index in [9.17, 15) is 13.2 Å². The topological polar surface area (TPSA) is 30.7 Å². The van der Waals surface area contributed by atoms with Crippen LogP contribution in [-0.2, 0) is 0 Å². The van der Waals surface area contributed by atoms with Crippen LogP contribution in [0.2, 0.25) is 0 Å². The van der Waals surface area contributed by atoms with E-state index in [4.69, 9.17) is 11.6 Å². The molecule has 96 valence electrons. The fourth-order valence-electron chi connectivity index (χ4n) is 1.49. The van der Waals surface area contributed by atoms with Gasteiger partial charge in [0.05, 0.1) is 11.6 Å². The largest absolute Gasteiger partial charge is 0.214 e. The van der Waals surface area contributed by atoms with Crippen LogP contribution in [0.25, 0.3) is 5.69 Å². The maximum absolute atomic E-state index is 13.5. The predicted octanol–water partition coefficient (Wildman–Crippen LogP) is 3.37.